The third-order valence-corrected chi connectivity index (χ3v) is 3.60. The molecule has 2 aromatic rings. The van der Waals surface area contributed by atoms with Crippen molar-refractivity contribution < 1.29 is 28.8 Å². The lowest BCUT2D eigenvalue weighted by Crippen LogP contribution is -2.10. The lowest BCUT2D eigenvalue weighted by Gasteiger charge is -2.14. The van der Waals surface area contributed by atoms with Gasteiger partial charge in [-0.25, -0.2) is 4.79 Å². The molecule has 2 rings (SSSR count). The number of nitriles is 1. The highest BCUT2D eigenvalue weighted by Crippen LogP contribution is 2.29. The van der Waals surface area contributed by atoms with Crippen LogP contribution >= 0.6 is 0 Å². The van der Waals surface area contributed by atoms with E-state index in [0.29, 0.717) is 35.2 Å². The predicted octanol–water partition coefficient (Wildman–Crippen LogP) is 3.54. The summed E-state index contributed by atoms with van der Waals surface area (Å²) in [5.74, 6) is 0.896. The van der Waals surface area contributed by atoms with Crippen LogP contribution in [0.4, 0.5) is 0 Å². The van der Waals surface area contributed by atoms with Gasteiger partial charge in [0.2, 0.25) is 0 Å². The molecule has 0 atom stereocenters. The Bertz CT molecular complexity index is 885. The molecule has 146 valence electrons. The van der Waals surface area contributed by atoms with Crippen LogP contribution in [-0.2, 0) is 4.79 Å². The molecule has 0 aliphatic carbocycles. The van der Waals surface area contributed by atoms with Crippen molar-refractivity contribution in [2.45, 2.75) is 6.92 Å². The van der Waals surface area contributed by atoms with Crippen molar-refractivity contribution in [3.05, 3.63) is 53.6 Å². The molecule has 0 heterocycles. The van der Waals surface area contributed by atoms with Crippen LogP contribution in [0.25, 0.3) is 6.08 Å². The zero-order chi connectivity index (χ0) is 20.4. The number of hydrogen-bond acceptors (Lipinski definition) is 6. The first-order valence-electron chi connectivity index (χ1n) is 8.59. The van der Waals surface area contributed by atoms with Gasteiger partial charge in [-0.1, -0.05) is 18.2 Å². The average Bonchev–Trinajstić information content (AvgIpc) is 2.70. The number of methoxy groups -OCH3 is 1. The molecule has 0 saturated heterocycles. The molecular weight excluding hydrogens is 362 g/mol. The summed E-state index contributed by atoms with van der Waals surface area (Å²) in [6, 6.07) is 13.9. The topological polar surface area (TPSA) is 98.0 Å². The molecule has 1 N–H and O–H groups in total. The second-order valence-electron chi connectivity index (χ2n) is 5.46. The molecule has 0 fully saturated rings. The summed E-state index contributed by atoms with van der Waals surface area (Å²) in [5.41, 5.74) is 0.143. The zero-order valence-electron chi connectivity index (χ0n) is 15.7. The molecule has 2 aromatic carbocycles. The van der Waals surface area contributed by atoms with E-state index in [1.54, 1.807) is 24.3 Å². The molecular formula is C21H21NO6. The van der Waals surface area contributed by atoms with Crippen LogP contribution < -0.4 is 18.9 Å². The van der Waals surface area contributed by atoms with Gasteiger partial charge in [0.15, 0.2) is 23.0 Å². The van der Waals surface area contributed by atoms with E-state index >= 15 is 0 Å². The number of carboxylic acid groups (broad SMARTS) is 1. The molecule has 0 unspecified atom stereocenters. The second kappa shape index (κ2) is 10.5. The minimum Gasteiger partial charge on any atom is -0.493 e. The van der Waals surface area contributed by atoms with E-state index in [-0.39, 0.29) is 18.8 Å². The van der Waals surface area contributed by atoms with Crippen LogP contribution in [-0.4, -0.2) is 38.0 Å². The Morgan fingerprint density at radius 1 is 1.04 bits per heavy atom. The van der Waals surface area contributed by atoms with E-state index in [4.69, 9.17) is 29.3 Å². The van der Waals surface area contributed by atoms with Crippen LogP contribution in [0.3, 0.4) is 0 Å². The van der Waals surface area contributed by atoms with Gasteiger partial charge < -0.3 is 24.1 Å². The van der Waals surface area contributed by atoms with Gasteiger partial charge in [0.25, 0.3) is 0 Å². The maximum absolute atomic E-state index is 11.0. The molecule has 0 radical (unpaired) electrons. The number of carboxylic acids is 1. The van der Waals surface area contributed by atoms with E-state index in [1.807, 2.05) is 31.2 Å². The van der Waals surface area contributed by atoms with Crippen molar-refractivity contribution in [1.82, 2.24) is 0 Å². The van der Waals surface area contributed by atoms with Crippen LogP contribution in [0.2, 0.25) is 0 Å². The quantitative estimate of drug-likeness (QED) is 0.381. The summed E-state index contributed by atoms with van der Waals surface area (Å²) in [6.07, 6.45) is 1.27. The van der Waals surface area contributed by atoms with Crippen LogP contribution in [0.15, 0.2) is 48.0 Å². The summed E-state index contributed by atoms with van der Waals surface area (Å²) >= 11 is 0. The van der Waals surface area contributed by atoms with Gasteiger partial charge >= 0.3 is 5.97 Å². The van der Waals surface area contributed by atoms with Crippen LogP contribution in [0.1, 0.15) is 12.5 Å². The van der Waals surface area contributed by atoms with Crippen molar-refractivity contribution in [3.8, 4) is 29.1 Å². The highest BCUT2D eigenvalue weighted by Gasteiger charge is 2.10. The van der Waals surface area contributed by atoms with Gasteiger partial charge in [-0.05, 0) is 42.8 Å². The standard InChI is InChI=1S/C21H21NO6/c1-3-26-18-6-4-5-7-19(18)27-10-11-28-20-13-15(8-9-17(20)25-2)12-16(14-22)21(23)24/h4-9,12-13H,3,10-11H2,1-2H3,(H,23,24). The van der Waals surface area contributed by atoms with Gasteiger partial charge in [-0.2, -0.15) is 5.26 Å². The molecule has 7 heteroatoms. The molecule has 0 bridgehead atoms. The number of ether oxygens (including phenoxy) is 4. The molecule has 0 spiro atoms. The smallest absolute Gasteiger partial charge is 0.346 e. The van der Waals surface area contributed by atoms with Crippen molar-refractivity contribution in [1.29, 1.82) is 5.26 Å². The van der Waals surface area contributed by atoms with Crippen molar-refractivity contribution >= 4 is 12.0 Å². The Morgan fingerprint density at radius 3 is 2.25 bits per heavy atom. The summed E-state index contributed by atoms with van der Waals surface area (Å²) in [7, 11) is 1.50. The number of carbonyl (C=O) groups is 1. The number of nitrogens with zero attached hydrogens (tertiary/aromatic N) is 1. The Hall–Kier alpha value is -3.66. The van der Waals surface area contributed by atoms with Crippen molar-refractivity contribution in [3.63, 3.8) is 0 Å². The molecule has 7 nitrogen and oxygen atoms in total. The van der Waals surface area contributed by atoms with E-state index in [2.05, 4.69) is 0 Å². The van der Waals surface area contributed by atoms with Gasteiger partial charge in [0, 0.05) is 0 Å². The number of aliphatic carboxylic acids is 1. The normalized spacial score (nSPS) is 10.7. The highest BCUT2D eigenvalue weighted by atomic mass is 16.5. The lowest BCUT2D eigenvalue weighted by molar-refractivity contribution is -0.132. The Labute approximate surface area is 163 Å². The SMILES string of the molecule is CCOc1ccccc1OCCOc1cc(C=C(C#N)C(=O)O)ccc1OC. The molecule has 28 heavy (non-hydrogen) atoms. The Morgan fingerprint density at radius 2 is 1.68 bits per heavy atom. The molecule has 0 saturated carbocycles. The minimum absolute atomic E-state index is 0.230. The fraction of sp³-hybridized carbons (Fsp3) is 0.238. The fourth-order valence-electron chi connectivity index (χ4n) is 2.35. The first kappa shape index (κ1) is 20.6. The summed E-state index contributed by atoms with van der Waals surface area (Å²) in [5, 5.41) is 17.9. The fourth-order valence-corrected chi connectivity index (χ4v) is 2.35. The summed E-state index contributed by atoms with van der Waals surface area (Å²) < 4.78 is 22.2. The minimum atomic E-state index is -1.29. The first-order chi connectivity index (χ1) is 13.6. The number of hydrogen-bond donors (Lipinski definition) is 1. The average molecular weight is 383 g/mol. The molecule has 0 amide bonds. The van der Waals surface area contributed by atoms with Crippen molar-refractivity contribution in [2.24, 2.45) is 0 Å². The zero-order valence-corrected chi connectivity index (χ0v) is 15.7. The van der Waals surface area contributed by atoms with E-state index in [9.17, 15) is 4.79 Å². The summed E-state index contributed by atoms with van der Waals surface area (Å²) in [4.78, 5) is 11.0. The number of para-hydroxylation sites is 2. The predicted molar refractivity (Wildman–Crippen MR) is 103 cm³/mol. The third-order valence-electron chi connectivity index (χ3n) is 3.60. The third kappa shape index (κ3) is 5.68. The van der Waals surface area contributed by atoms with Crippen LogP contribution in [0, 0.1) is 11.3 Å². The second-order valence-corrected chi connectivity index (χ2v) is 5.46. The lowest BCUT2D eigenvalue weighted by atomic mass is 10.1. The number of rotatable bonds is 10. The van der Waals surface area contributed by atoms with Crippen LogP contribution in [0.5, 0.6) is 23.0 Å². The Kier molecular flexibility index (Phi) is 7.73. The van der Waals surface area contributed by atoms with Gasteiger partial charge in [0.1, 0.15) is 24.9 Å². The molecule has 0 aliphatic heterocycles. The van der Waals surface area contributed by atoms with E-state index in [1.165, 1.54) is 13.2 Å². The first-order valence-corrected chi connectivity index (χ1v) is 8.59. The van der Waals surface area contributed by atoms with Gasteiger partial charge in [-0.3, -0.25) is 0 Å². The monoisotopic (exact) mass is 383 g/mol. The highest BCUT2D eigenvalue weighted by molar-refractivity contribution is 5.96. The number of benzene rings is 2. The molecule has 0 aliphatic rings. The summed E-state index contributed by atoms with van der Waals surface area (Å²) in [6.45, 7) is 2.94. The van der Waals surface area contributed by atoms with Gasteiger partial charge in [0.05, 0.1) is 13.7 Å². The van der Waals surface area contributed by atoms with Gasteiger partial charge in [-0.15, -0.1) is 0 Å². The largest absolute Gasteiger partial charge is 0.493 e. The van der Waals surface area contributed by atoms with E-state index in [0.717, 1.165) is 0 Å². The maximum Gasteiger partial charge on any atom is 0.346 e. The van der Waals surface area contributed by atoms with E-state index < -0.39 is 5.97 Å². The Balaban J connectivity index is 2.04. The molecule has 0 aromatic heterocycles. The van der Waals surface area contributed by atoms with Crippen molar-refractivity contribution in [2.75, 3.05) is 26.9 Å². The maximum atomic E-state index is 11.0.